The molecule has 0 spiro atoms. The number of hydrogen-bond donors (Lipinski definition) is 1. The van der Waals surface area contributed by atoms with Gasteiger partial charge in [0, 0.05) is 17.3 Å². The Morgan fingerprint density at radius 3 is 2.52 bits per heavy atom. The molecule has 0 atom stereocenters. The van der Waals surface area contributed by atoms with E-state index in [1.54, 1.807) is 23.0 Å². The molecule has 4 rings (SSSR count). The van der Waals surface area contributed by atoms with Crippen molar-refractivity contribution < 1.29 is 9.50 Å². The number of rotatable bonds is 4. The van der Waals surface area contributed by atoms with Crippen molar-refractivity contribution in [3.63, 3.8) is 0 Å². The summed E-state index contributed by atoms with van der Waals surface area (Å²) in [5, 5.41) is 20.3. The highest BCUT2D eigenvalue weighted by molar-refractivity contribution is 7.73. The van der Waals surface area contributed by atoms with Crippen molar-refractivity contribution in [2.75, 3.05) is 0 Å². The topological polar surface area (TPSA) is 55.3 Å². The van der Waals surface area contributed by atoms with E-state index in [2.05, 4.69) is 10.2 Å². The third-order valence-electron chi connectivity index (χ3n) is 3.85. The van der Waals surface area contributed by atoms with E-state index in [0.29, 0.717) is 15.2 Å². The van der Waals surface area contributed by atoms with Crippen molar-refractivity contribution in [2.24, 2.45) is 5.10 Å². The van der Waals surface area contributed by atoms with Crippen LogP contribution >= 0.6 is 23.6 Å². The molecule has 0 aliphatic rings. The van der Waals surface area contributed by atoms with Crippen LogP contribution in [0.25, 0.3) is 16.9 Å². The second-order valence-corrected chi connectivity index (χ2v) is 7.14. The van der Waals surface area contributed by atoms with E-state index in [1.165, 1.54) is 33.5 Å². The fourth-order valence-electron chi connectivity index (χ4n) is 2.55. The van der Waals surface area contributed by atoms with Crippen molar-refractivity contribution in [1.29, 1.82) is 0 Å². The highest BCUT2D eigenvalue weighted by Gasteiger charge is 2.12. The van der Waals surface area contributed by atoms with E-state index in [4.69, 9.17) is 12.2 Å². The minimum absolute atomic E-state index is 0.0277. The summed E-state index contributed by atoms with van der Waals surface area (Å²) in [6.07, 6.45) is 3.40. The maximum absolute atomic E-state index is 13.3. The van der Waals surface area contributed by atoms with Crippen LogP contribution in [0.3, 0.4) is 0 Å². The van der Waals surface area contributed by atoms with Gasteiger partial charge in [-0.15, -0.1) is 11.3 Å². The van der Waals surface area contributed by atoms with E-state index in [-0.39, 0.29) is 11.7 Å². The summed E-state index contributed by atoms with van der Waals surface area (Å²) in [6, 6.07) is 15.7. The molecule has 0 unspecified atom stereocenters. The molecule has 2 heterocycles. The molecule has 134 valence electrons. The van der Waals surface area contributed by atoms with Gasteiger partial charge in [0.25, 0.3) is 0 Å². The van der Waals surface area contributed by atoms with Gasteiger partial charge in [-0.3, -0.25) is 0 Å². The molecule has 0 bridgehead atoms. The SMILES string of the molecule is Oc1csc(=S)n1N=Cc1cn(-c2ccccc2)nc1-c1ccc(F)cc1. The number of hydrogen-bond acceptors (Lipinski definition) is 5. The largest absolute Gasteiger partial charge is 0.493 e. The summed E-state index contributed by atoms with van der Waals surface area (Å²) in [7, 11) is 0. The number of aromatic nitrogens is 3. The number of para-hydroxylation sites is 1. The predicted octanol–water partition coefficient (Wildman–Crippen LogP) is 4.86. The number of halogens is 1. The number of thiazole rings is 1. The van der Waals surface area contributed by atoms with Crippen molar-refractivity contribution in [2.45, 2.75) is 0 Å². The van der Waals surface area contributed by atoms with E-state index in [0.717, 1.165) is 11.3 Å². The summed E-state index contributed by atoms with van der Waals surface area (Å²) in [5.74, 6) is -0.342. The van der Waals surface area contributed by atoms with Gasteiger partial charge in [-0.2, -0.15) is 14.9 Å². The second kappa shape index (κ2) is 7.26. The standard InChI is InChI=1S/C19H13FN4OS2/c20-15-8-6-13(7-9-15)18-14(10-21-24-17(25)12-27-19(24)26)11-23(22-18)16-4-2-1-3-5-16/h1-12,25H. The zero-order valence-electron chi connectivity index (χ0n) is 13.9. The lowest BCUT2D eigenvalue weighted by molar-refractivity contribution is 0.429. The lowest BCUT2D eigenvalue weighted by Crippen LogP contribution is -1.94. The Kier molecular flexibility index (Phi) is 4.66. The van der Waals surface area contributed by atoms with Crippen LogP contribution in [0, 0.1) is 9.77 Å². The van der Waals surface area contributed by atoms with Gasteiger partial charge in [-0.1, -0.05) is 18.2 Å². The lowest BCUT2D eigenvalue weighted by Gasteiger charge is -2.00. The summed E-state index contributed by atoms with van der Waals surface area (Å²) >= 11 is 6.38. The summed E-state index contributed by atoms with van der Waals surface area (Å²) in [5.41, 5.74) is 2.99. The monoisotopic (exact) mass is 396 g/mol. The number of nitrogens with zero attached hydrogens (tertiary/aromatic N) is 4. The van der Waals surface area contributed by atoms with Crippen molar-refractivity contribution in [1.82, 2.24) is 14.5 Å². The molecule has 0 aliphatic heterocycles. The Balaban J connectivity index is 1.82. The predicted molar refractivity (Wildman–Crippen MR) is 107 cm³/mol. The second-order valence-electron chi connectivity index (χ2n) is 5.64. The van der Waals surface area contributed by atoms with Gasteiger partial charge in [0.1, 0.15) is 11.5 Å². The van der Waals surface area contributed by atoms with Crippen molar-refractivity contribution >= 4 is 29.8 Å². The van der Waals surface area contributed by atoms with E-state index >= 15 is 0 Å². The molecular formula is C19H13FN4OS2. The molecule has 0 saturated heterocycles. The van der Waals surface area contributed by atoms with Crippen LogP contribution in [-0.2, 0) is 0 Å². The van der Waals surface area contributed by atoms with Crippen LogP contribution < -0.4 is 0 Å². The Morgan fingerprint density at radius 1 is 1.11 bits per heavy atom. The van der Waals surface area contributed by atoms with Gasteiger partial charge in [0.2, 0.25) is 5.88 Å². The zero-order chi connectivity index (χ0) is 18.8. The summed E-state index contributed by atoms with van der Waals surface area (Å²) in [4.78, 5) is 0. The van der Waals surface area contributed by atoms with Crippen LogP contribution in [0.15, 0.2) is 71.3 Å². The average Bonchev–Trinajstić information content (AvgIpc) is 3.25. The Bertz CT molecular complexity index is 1160. The lowest BCUT2D eigenvalue weighted by atomic mass is 10.1. The number of benzene rings is 2. The quantitative estimate of drug-likeness (QED) is 0.396. The number of aromatic hydroxyl groups is 1. The molecule has 8 heteroatoms. The maximum Gasteiger partial charge on any atom is 0.224 e. The minimum Gasteiger partial charge on any atom is -0.493 e. The van der Waals surface area contributed by atoms with Gasteiger partial charge in [0.05, 0.1) is 17.3 Å². The first-order valence-electron chi connectivity index (χ1n) is 7.97. The minimum atomic E-state index is -0.314. The third kappa shape index (κ3) is 3.57. The molecule has 4 aromatic rings. The molecule has 0 radical (unpaired) electrons. The molecule has 2 aromatic carbocycles. The van der Waals surface area contributed by atoms with Gasteiger partial charge in [-0.25, -0.2) is 9.07 Å². The van der Waals surface area contributed by atoms with Crippen LogP contribution in [-0.4, -0.2) is 25.8 Å². The van der Waals surface area contributed by atoms with Gasteiger partial charge < -0.3 is 5.11 Å². The smallest absolute Gasteiger partial charge is 0.224 e. The van der Waals surface area contributed by atoms with Crippen LogP contribution in [0.2, 0.25) is 0 Å². The molecule has 0 aliphatic carbocycles. The normalized spacial score (nSPS) is 11.3. The Morgan fingerprint density at radius 2 is 1.85 bits per heavy atom. The molecule has 1 N–H and O–H groups in total. The van der Waals surface area contributed by atoms with Gasteiger partial charge in [-0.05, 0) is 48.6 Å². The van der Waals surface area contributed by atoms with E-state index in [1.807, 2.05) is 36.5 Å². The molecular weight excluding hydrogens is 383 g/mol. The summed E-state index contributed by atoms with van der Waals surface area (Å²) in [6.45, 7) is 0. The third-order valence-corrected chi connectivity index (χ3v) is 5.01. The first-order chi connectivity index (χ1) is 13.1. The molecule has 5 nitrogen and oxygen atoms in total. The van der Waals surface area contributed by atoms with Crippen LogP contribution in [0.1, 0.15) is 5.56 Å². The fraction of sp³-hybridized carbons (Fsp3) is 0. The van der Waals surface area contributed by atoms with Crippen molar-refractivity contribution in [3.8, 4) is 22.8 Å². The molecule has 0 saturated carbocycles. The van der Waals surface area contributed by atoms with Gasteiger partial charge in [0.15, 0.2) is 3.95 Å². The maximum atomic E-state index is 13.3. The Hall–Kier alpha value is -3.10. The van der Waals surface area contributed by atoms with Crippen LogP contribution in [0.4, 0.5) is 4.39 Å². The highest BCUT2D eigenvalue weighted by Crippen LogP contribution is 2.24. The molecule has 0 amide bonds. The van der Waals surface area contributed by atoms with E-state index < -0.39 is 0 Å². The molecule has 0 fully saturated rings. The van der Waals surface area contributed by atoms with Crippen molar-refractivity contribution in [3.05, 3.63) is 81.5 Å². The Labute approximate surface area is 163 Å². The summed E-state index contributed by atoms with van der Waals surface area (Å²) < 4.78 is 16.7. The average molecular weight is 396 g/mol. The fourth-order valence-corrected chi connectivity index (χ4v) is 3.38. The zero-order valence-corrected chi connectivity index (χ0v) is 15.5. The first kappa shape index (κ1) is 17.3. The molecule has 27 heavy (non-hydrogen) atoms. The molecule has 2 aromatic heterocycles. The van der Waals surface area contributed by atoms with Gasteiger partial charge >= 0.3 is 0 Å². The van der Waals surface area contributed by atoms with Crippen LogP contribution in [0.5, 0.6) is 5.88 Å². The highest BCUT2D eigenvalue weighted by atomic mass is 32.1. The first-order valence-corrected chi connectivity index (χ1v) is 9.25. The van der Waals surface area contributed by atoms with E-state index in [9.17, 15) is 9.50 Å².